The first kappa shape index (κ1) is 13.0. The van der Waals surface area contributed by atoms with Gasteiger partial charge in [0, 0.05) is 5.16 Å². The summed E-state index contributed by atoms with van der Waals surface area (Å²) in [4.78, 5) is 0. The third-order valence-corrected chi connectivity index (χ3v) is 3.87. The first-order valence-electron chi connectivity index (χ1n) is 5.98. The number of rotatable bonds is 2. The van der Waals surface area contributed by atoms with Crippen LogP contribution in [0.15, 0.2) is 22.8 Å². The van der Waals surface area contributed by atoms with E-state index in [1.807, 2.05) is 0 Å². The van der Waals surface area contributed by atoms with Gasteiger partial charge in [-0.25, -0.2) is 0 Å². The summed E-state index contributed by atoms with van der Waals surface area (Å²) < 4.78 is 0. The van der Waals surface area contributed by atoms with E-state index in [1.165, 1.54) is 12.0 Å². The molecule has 0 saturated heterocycles. The zero-order valence-corrected chi connectivity index (χ0v) is 12.2. The van der Waals surface area contributed by atoms with Crippen LogP contribution in [-0.2, 0) is 0 Å². The zero-order chi connectivity index (χ0) is 11.8. The van der Waals surface area contributed by atoms with Gasteiger partial charge in [0.25, 0.3) is 0 Å². The van der Waals surface area contributed by atoms with Gasteiger partial charge in [0.2, 0.25) is 0 Å². The Bertz CT molecular complexity index is 302. The van der Waals surface area contributed by atoms with Crippen LogP contribution in [0.1, 0.15) is 48.0 Å². The van der Waals surface area contributed by atoms with Crippen molar-refractivity contribution in [3.05, 3.63) is 22.8 Å². The summed E-state index contributed by atoms with van der Waals surface area (Å²) in [5.41, 5.74) is 4.63. The predicted octanol–water partition coefficient (Wildman–Crippen LogP) is 4.58. The highest BCUT2D eigenvalue weighted by Gasteiger charge is 2.29. The highest BCUT2D eigenvalue weighted by Crippen LogP contribution is 2.43. The molecule has 0 heterocycles. The van der Waals surface area contributed by atoms with Crippen LogP contribution >= 0.6 is 9.24 Å². The summed E-state index contributed by atoms with van der Waals surface area (Å²) in [5, 5.41) is 0.207. The number of allylic oxidation sites excluding steroid dienone is 4. The minimum absolute atomic E-state index is 0.207. The molecule has 0 N–H and O–H groups in total. The average Bonchev–Trinajstić information content (AvgIpc) is 2.00. The molecule has 1 aliphatic carbocycles. The summed E-state index contributed by atoms with van der Waals surface area (Å²) in [7, 11) is 2.98. The maximum atomic E-state index is 2.98. The summed E-state index contributed by atoms with van der Waals surface area (Å²) in [6, 6.07) is 0. The van der Waals surface area contributed by atoms with Crippen molar-refractivity contribution in [1.82, 2.24) is 0 Å². The van der Waals surface area contributed by atoms with Gasteiger partial charge in [-0.15, -0.1) is 9.24 Å². The van der Waals surface area contributed by atoms with E-state index in [9.17, 15) is 0 Å². The van der Waals surface area contributed by atoms with Crippen LogP contribution in [0, 0.1) is 11.8 Å². The highest BCUT2D eigenvalue weighted by atomic mass is 31.0. The molecule has 1 heteroatoms. The second-order valence-electron chi connectivity index (χ2n) is 5.50. The third kappa shape index (κ3) is 2.53. The molecule has 0 aliphatic heterocycles. The Hall–Kier alpha value is -0.0900. The summed E-state index contributed by atoms with van der Waals surface area (Å²) in [6.07, 6.45) is 3.70. The smallest absolute Gasteiger partial charge is 0.00433 e. The van der Waals surface area contributed by atoms with Crippen molar-refractivity contribution in [2.24, 2.45) is 11.8 Å². The van der Waals surface area contributed by atoms with Gasteiger partial charge in [-0.1, -0.05) is 44.9 Å². The van der Waals surface area contributed by atoms with Gasteiger partial charge in [0.1, 0.15) is 0 Å². The van der Waals surface area contributed by atoms with E-state index < -0.39 is 0 Å². The molecule has 86 valence electrons. The van der Waals surface area contributed by atoms with Crippen LogP contribution in [0.2, 0.25) is 0 Å². The summed E-state index contributed by atoms with van der Waals surface area (Å²) >= 11 is 0. The van der Waals surface area contributed by atoms with Gasteiger partial charge in [-0.05, 0) is 37.7 Å². The summed E-state index contributed by atoms with van der Waals surface area (Å²) in [5.74, 6) is 1.44. The first-order valence-corrected chi connectivity index (χ1v) is 6.55. The maximum Gasteiger partial charge on any atom is 0.00433 e. The Morgan fingerprint density at radius 3 is 2.27 bits per heavy atom. The van der Waals surface area contributed by atoms with Crippen molar-refractivity contribution in [2.75, 3.05) is 0 Å². The van der Waals surface area contributed by atoms with Gasteiger partial charge in [0.15, 0.2) is 0 Å². The van der Waals surface area contributed by atoms with Crippen LogP contribution in [0.4, 0.5) is 0 Å². The van der Waals surface area contributed by atoms with E-state index in [2.05, 4.69) is 56.9 Å². The molecular weight excluding hydrogens is 199 g/mol. The van der Waals surface area contributed by atoms with Crippen molar-refractivity contribution in [1.29, 1.82) is 0 Å². The lowest BCUT2D eigenvalue weighted by atomic mass is 9.73. The molecule has 0 bridgehead atoms. The molecule has 0 saturated carbocycles. The Morgan fingerprint density at radius 2 is 1.87 bits per heavy atom. The fourth-order valence-corrected chi connectivity index (χ4v) is 3.63. The molecule has 0 aromatic heterocycles. The molecule has 0 spiro atoms. The number of hydrogen-bond acceptors (Lipinski definition) is 0. The Morgan fingerprint density at radius 1 is 1.33 bits per heavy atom. The van der Waals surface area contributed by atoms with Crippen molar-refractivity contribution in [3.63, 3.8) is 0 Å². The summed E-state index contributed by atoms with van der Waals surface area (Å²) in [6.45, 7) is 13.8. The van der Waals surface area contributed by atoms with Gasteiger partial charge >= 0.3 is 0 Å². The van der Waals surface area contributed by atoms with E-state index in [0.29, 0.717) is 5.92 Å². The molecule has 3 unspecified atom stereocenters. The molecular formula is C14H25P. The van der Waals surface area contributed by atoms with Crippen LogP contribution in [0.3, 0.4) is 0 Å². The van der Waals surface area contributed by atoms with Crippen LogP contribution in [0.5, 0.6) is 0 Å². The monoisotopic (exact) mass is 224 g/mol. The third-order valence-electron chi connectivity index (χ3n) is 3.58. The molecule has 0 fully saturated rings. The fraction of sp³-hybridized carbons (Fsp3) is 0.714. The maximum absolute atomic E-state index is 2.98. The predicted molar refractivity (Wildman–Crippen MR) is 73.2 cm³/mol. The first-order chi connectivity index (χ1) is 6.79. The van der Waals surface area contributed by atoms with E-state index >= 15 is 0 Å². The quantitative estimate of drug-likeness (QED) is 0.602. The number of hydrogen-bond donors (Lipinski definition) is 0. The second kappa shape index (κ2) is 4.42. The van der Waals surface area contributed by atoms with Gasteiger partial charge < -0.3 is 0 Å². The lowest BCUT2D eigenvalue weighted by molar-refractivity contribution is 0.452. The minimum atomic E-state index is 0.207. The normalized spacial score (nSPS) is 28.1. The van der Waals surface area contributed by atoms with Crippen molar-refractivity contribution >= 4 is 9.24 Å². The molecule has 0 amide bonds. The average molecular weight is 224 g/mol. The lowest BCUT2D eigenvalue weighted by Crippen LogP contribution is -2.25. The zero-order valence-electron chi connectivity index (χ0n) is 11.0. The van der Waals surface area contributed by atoms with Crippen LogP contribution in [-0.4, -0.2) is 5.16 Å². The van der Waals surface area contributed by atoms with E-state index in [1.54, 1.807) is 11.1 Å². The minimum Gasteiger partial charge on any atom is -0.127 e. The van der Waals surface area contributed by atoms with Crippen molar-refractivity contribution in [3.8, 4) is 0 Å². The SMILES string of the molecule is CCC1C(C)=C(C(C)(C)P)C(C)=CC1C. The van der Waals surface area contributed by atoms with Crippen molar-refractivity contribution in [2.45, 2.75) is 53.1 Å². The molecule has 0 aromatic carbocycles. The standard InChI is InChI=1S/C14H25P/c1-7-12-9(2)8-10(3)13(11(12)4)14(5,6)15/h8-9,12H,7,15H2,1-6H3. The molecule has 1 aliphatic rings. The van der Waals surface area contributed by atoms with E-state index in [0.717, 1.165) is 5.92 Å². The Kier molecular flexibility index (Phi) is 3.82. The van der Waals surface area contributed by atoms with Gasteiger partial charge in [-0.2, -0.15) is 0 Å². The van der Waals surface area contributed by atoms with Crippen molar-refractivity contribution < 1.29 is 0 Å². The van der Waals surface area contributed by atoms with Crippen LogP contribution < -0.4 is 0 Å². The fourth-order valence-electron chi connectivity index (χ4n) is 3.18. The van der Waals surface area contributed by atoms with Gasteiger partial charge in [-0.3, -0.25) is 0 Å². The van der Waals surface area contributed by atoms with Crippen LogP contribution in [0.25, 0.3) is 0 Å². The molecule has 0 nitrogen and oxygen atoms in total. The lowest BCUT2D eigenvalue weighted by Gasteiger charge is -2.36. The molecule has 3 atom stereocenters. The highest BCUT2D eigenvalue weighted by molar-refractivity contribution is 7.19. The second-order valence-corrected chi connectivity index (χ2v) is 6.95. The Balaban J connectivity index is 3.22. The largest absolute Gasteiger partial charge is 0.127 e. The molecule has 0 aromatic rings. The van der Waals surface area contributed by atoms with E-state index in [4.69, 9.17) is 0 Å². The topological polar surface area (TPSA) is 0 Å². The molecule has 15 heavy (non-hydrogen) atoms. The molecule has 0 radical (unpaired) electrons. The van der Waals surface area contributed by atoms with Gasteiger partial charge in [0.05, 0.1) is 0 Å². The van der Waals surface area contributed by atoms with E-state index in [-0.39, 0.29) is 5.16 Å². The Labute approximate surface area is 97.4 Å². The molecule has 1 rings (SSSR count).